The summed E-state index contributed by atoms with van der Waals surface area (Å²) in [7, 11) is 0. The summed E-state index contributed by atoms with van der Waals surface area (Å²) in [5.41, 5.74) is 1.12. The second kappa shape index (κ2) is 5.65. The average Bonchev–Trinajstić information content (AvgIpc) is 3.14. The molecule has 1 fully saturated rings. The topological polar surface area (TPSA) is 71.2 Å². The Morgan fingerprint density at radius 3 is 2.86 bits per heavy atom. The first-order valence-corrected chi connectivity index (χ1v) is 7.10. The molecule has 1 amide bonds. The van der Waals surface area contributed by atoms with E-state index in [2.05, 4.69) is 17.1 Å². The molecule has 2 aromatic rings. The summed E-state index contributed by atoms with van der Waals surface area (Å²) in [6.07, 6.45) is 2.39. The van der Waals surface area contributed by atoms with Gasteiger partial charge < -0.3 is 10.0 Å². The minimum Gasteiger partial charge on any atom is -0.394 e. The molecule has 6 heteroatoms. The van der Waals surface area contributed by atoms with Gasteiger partial charge in [-0.05, 0) is 24.5 Å². The molecule has 110 valence electrons. The van der Waals surface area contributed by atoms with Crippen LogP contribution >= 0.6 is 0 Å². The smallest absolute Gasteiger partial charge is 0.276 e. The van der Waals surface area contributed by atoms with Gasteiger partial charge in [0, 0.05) is 6.54 Å². The van der Waals surface area contributed by atoms with Crippen LogP contribution in [0.2, 0.25) is 0 Å². The van der Waals surface area contributed by atoms with E-state index in [1.54, 1.807) is 4.90 Å². The summed E-state index contributed by atoms with van der Waals surface area (Å²) in [5, 5.41) is 17.8. The van der Waals surface area contributed by atoms with Gasteiger partial charge in [-0.15, -0.1) is 5.10 Å². The molecule has 0 aliphatic carbocycles. The number of nitrogens with zero attached hydrogens (tertiary/aromatic N) is 4. The molecule has 2 unspecified atom stereocenters. The van der Waals surface area contributed by atoms with E-state index in [0.29, 0.717) is 18.2 Å². The zero-order valence-corrected chi connectivity index (χ0v) is 11.9. The first kappa shape index (κ1) is 13.8. The molecular formula is C15H18N4O2. The second-order valence-corrected chi connectivity index (χ2v) is 5.37. The second-order valence-electron chi connectivity index (χ2n) is 5.37. The highest BCUT2D eigenvalue weighted by Gasteiger charge is 2.35. The van der Waals surface area contributed by atoms with E-state index < -0.39 is 0 Å². The van der Waals surface area contributed by atoms with Crippen molar-refractivity contribution < 1.29 is 9.90 Å². The van der Waals surface area contributed by atoms with Crippen LogP contribution in [0.25, 0.3) is 5.69 Å². The lowest BCUT2D eigenvalue weighted by Crippen LogP contribution is -2.40. The van der Waals surface area contributed by atoms with Crippen LogP contribution in [0.5, 0.6) is 0 Å². The predicted octanol–water partition coefficient (Wildman–Crippen LogP) is 1.11. The summed E-state index contributed by atoms with van der Waals surface area (Å²) >= 11 is 0. The Kier molecular flexibility index (Phi) is 3.70. The SMILES string of the molecule is CC1CCN(C(=O)c2cnn(-c3ccccc3)n2)C1CO. The molecule has 2 atom stereocenters. The van der Waals surface area contributed by atoms with Gasteiger partial charge in [0.1, 0.15) is 0 Å². The van der Waals surface area contributed by atoms with Gasteiger partial charge in [0.25, 0.3) is 5.91 Å². The number of likely N-dealkylation sites (tertiary alicyclic amines) is 1. The van der Waals surface area contributed by atoms with Crippen LogP contribution in [-0.2, 0) is 0 Å². The monoisotopic (exact) mass is 286 g/mol. The summed E-state index contributed by atoms with van der Waals surface area (Å²) in [4.78, 5) is 15.6. The number of carbonyl (C=O) groups excluding carboxylic acids is 1. The van der Waals surface area contributed by atoms with E-state index in [0.717, 1.165) is 12.1 Å². The van der Waals surface area contributed by atoms with Crippen molar-refractivity contribution in [3.8, 4) is 5.69 Å². The normalized spacial score (nSPS) is 21.7. The van der Waals surface area contributed by atoms with Gasteiger partial charge in [-0.1, -0.05) is 25.1 Å². The van der Waals surface area contributed by atoms with Crippen LogP contribution in [0.15, 0.2) is 36.5 Å². The lowest BCUT2D eigenvalue weighted by molar-refractivity contribution is 0.0642. The van der Waals surface area contributed by atoms with Gasteiger partial charge in [-0.3, -0.25) is 4.79 Å². The molecule has 2 heterocycles. The highest BCUT2D eigenvalue weighted by molar-refractivity contribution is 5.92. The van der Waals surface area contributed by atoms with Crippen LogP contribution in [0.1, 0.15) is 23.8 Å². The van der Waals surface area contributed by atoms with E-state index in [-0.39, 0.29) is 18.6 Å². The van der Waals surface area contributed by atoms with Crippen molar-refractivity contribution in [2.24, 2.45) is 5.92 Å². The van der Waals surface area contributed by atoms with Crippen molar-refractivity contribution in [2.75, 3.05) is 13.2 Å². The standard InChI is InChI=1S/C15H18N4O2/c1-11-7-8-18(14(11)10-20)15(21)13-9-16-19(17-13)12-5-3-2-4-6-12/h2-6,9,11,14,20H,7-8,10H2,1H3. The molecule has 0 bridgehead atoms. The maximum absolute atomic E-state index is 12.5. The molecule has 21 heavy (non-hydrogen) atoms. The van der Waals surface area contributed by atoms with E-state index in [4.69, 9.17) is 0 Å². The first-order valence-electron chi connectivity index (χ1n) is 7.10. The molecule has 0 spiro atoms. The summed E-state index contributed by atoms with van der Waals surface area (Å²) in [6.45, 7) is 2.69. The highest BCUT2D eigenvalue weighted by Crippen LogP contribution is 2.24. The van der Waals surface area contributed by atoms with Gasteiger partial charge in [0.2, 0.25) is 0 Å². The molecule has 1 aliphatic heterocycles. The van der Waals surface area contributed by atoms with Crippen molar-refractivity contribution in [2.45, 2.75) is 19.4 Å². The Morgan fingerprint density at radius 1 is 1.38 bits per heavy atom. The average molecular weight is 286 g/mol. The molecule has 6 nitrogen and oxygen atoms in total. The third kappa shape index (κ3) is 2.54. The van der Waals surface area contributed by atoms with E-state index >= 15 is 0 Å². The number of para-hydroxylation sites is 1. The Hall–Kier alpha value is -2.21. The van der Waals surface area contributed by atoms with E-state index in [1.165, 1.54) is 11.0 Å². The number of aliphatic hydroxyl groups excluding tert-OH is 1. The Labute approximate surface area is 123 Å². The molecule has 1 aromatic carbocycles. The zero-order valence-electron chi connectivity index (χ0n) is 11.9. The number of rotatable bonds is 3. The van der Waals surface area contributed by atoms with Crippen molar-refractivity contribution in [1.29, 1.82) is 0 Å². The molecule has 1 saturated heterocycles. The minimum absolute atomic E-state index is 0.0142. The number of carbonyl (C=O) groups is 1. The number of hydrogen-bond donors (Lipinski definition) is 1. The zero-order chi connectivity index (χ0) is 14.8. The molecule has 1 aliphatic rings. The van der Waals surface area contributed by atoms with E-state index in [9.17, 15) is 9.90 Å². The Bertz CT molecular complexity index is 626. The Balaban J connectivity index is 1.82. The van der Waals surface area contributed by atoms with Crippen LogP contribution in [0, 0.1) is 5.92 Å². The molecule has 0 saturated carbocycles. The van der Waals surface area contributed by atoms with Gasteiger partial charge in [-0.25, -0.2) is 0 Å². The van der Waals surface area contributed by atoms with Crippen molar-refractivity contribution in [3.05, 3.63) is 42.2 Å². The van der Waals surface area contributed by atoms with Crippen molar-refractivity contribution in [3.63, 3.8) is 0 Å². The predicted molar refractivity (Wildman–Crippen MR) is 77.1 cm³/mol. The minimum atomic E-state index is -0.166. The number of hydrogen-bond acceptors (Lipinski definition) is 4. The molecule has 1 aromatic heterocycles. The third-order valence-electron chi connectivity index (χ3n) is 4.03. The van der Waals surface area contributed by atoms with E-state index in [1.807, 2.05) is 30.3 Å². The maximum Gasteiger partial charge on any atom is 0.276 e. The number of aromatic nitrogens is 3. The molecular weight excluding hydrogens is 268 g/mol. The quantitative estimate of drug-likeness (QED) is 0.917. The van der Waals surface area contributed by atoms with Gasteiger partial charge in [-0.2, -0.15) is 9.90 Å². The largest absolute Gasteiger partial charge is 0.394 e. The van der Waals surface area contributed by atoms with Crippen LogP contribution < -0.4 is 0 Å². The first-order chi connectivity index (χ1) is 10.2. The molecule has 3 rings (SSSR count). The van der Waals surface area contributed by atoms with Crippen LogP contribution in [0.4, 0.5) is 0 Å². The number of aliphatic hydroxyl groups is 1. The summed E-state index contributed by atoms with van der Waals surface area (Å²) < 4.78 is 0. The van der Waals surface area contributed by atoms with Gasteiger partial charge in [0.05, 0.1) is 24.5 Å². The van der Waals surface area contributed by atoms with Crippen LogP contribution in [0.3, 0.4) is 0 Å². The fourth-order valence-electron chi connectivity index (χ4n) is 2.73. The molecule has 0 radical (unpaired) electrons. The lowest BCUT2D eigenvalue weighted by Gasteiger charge is -2.24. The highest BCUT2D eigenvalue weighted by atomic mass is 16.3. The fraction of sp³-hybridized carbons (Fsp3) is 0.400. The maximum atomic E-state index is 12.5. The lowest BCUT2D eigenvalue weighted by atomic mass is 10.0. The fourth-order valence-corrected chi connectivity index (χ4v) is 2.73. The van der Waals surface area contributed by atoms with Crippen molar-refractivity contribution in [1.82, 2.24) is 19.9 Å². The van der Waals surface area contributed by atoms with Gasteiger partial charge >= 0.3 is 0 Å². The number of benzene rings is 1. The summed E-state index contributed by atoms with van der Waals surface area (Å²) in [5.74, 6) is 0.142. The van der Waals surface area contributed by atoms with Gasteiger partial charge in [0.15, 0.2) is 5.69 Å². The Morgan fingerprint density at radius 2 is 2.14 bits per heavy atom. The molecule has 1 N–H and O–H groups in total. The van der Waals surface area contributed by atoms with Crippen molar-refractivity contribution >= 4 is 5.91 Å². The number of amides is 1. The third-order valence-corrected chi connectivity index (χ3v) is 4.03. The van der Waals surface area contributed by atoms with Crippen LogP contribution in [-0.4, -0.2) is 50.1 Å². The summed E-state index contributed by atoms with van der Waals surface area (Å²) in [6, 6.07) is 9.33.